The Labute approximate surface area is 139 Å². The summed E-state index contributed by atoms with van der Waals surface area (Å²) in [4.78, 5) is 20.9. The Hall–Kier alpha value is -2.68. The minimum atomic E-state index is -0.497. The molecule has 1 saturated heterocycles. The standard InChI is InChI=1S/C15H20N6O3/c1-11-9-20(5-6-24-11)13-4-3-12(7-16-13)8-17-14-15(21(22)23)18-10-19(14)2/h3-4,7,10-11,17H,5-6,8-9H2,1-2H3. The molecule has 2 aromatic rings. The Bertz CT molecular complexity index is 714. The lowest BCUT2D eigenvalue weighted by Crippen LogP contribution is -2.41. The van der Waals surface area contributed by atoms with Gasteiger partial charge in [-0.15, -0.1) is 0 Å². The van der Waals surface area contributed by atoms with Gasteiger partial charge >= 0.3 is 5.82 Å². The third-order valence-corrected chi connectivity index (χ3v) is 3.92. The van der Waals surface area contributed by atoms with Crippen LogP contribution in [0.15, 0.2) is 24.7 Å². The van der Waals surface area contributed by atoms with Crippen LogP contribution in [-0.4, -0.2) is 45.3 Å². The Morgan fingerprint density at radius 2 is 2.29 bits per heavy atom. The van der Waals surface area contributed by atoms with Gasteiger partial charge in [-0.25, -0.2) is 4.98 Å². The van der Waals surface area contributed by atoms with E-state index in [1.165, 1.54) is 6.33 Å². The second-order valence-electron chi connectivity index (χ2n) is 5.79. The molecule has 1 fully saturated rings. The van der Waals surface area contributed by atoms with Crippen molar-refractivity contribution in [3.8, 4) is 0 Å². The summed E-state index contributed by atoms with van der Waals surface area (Å²) in [7, 11) is 1.71. The molecule has 1 atom stereocenters. The van der Waals surface area contributed by atoms with Crippen molar-refractivity contribution in [2.75, 3.05) is 29.9 Å². The summed E-state index contributed by atoms with van der Waals surface area (Å²) in [5, 5.41) is 14.0. The maximum absolute atomic E-state index is 11.0. The van der Waals surface area contributed by atoms with Crippen molar-refractivity contribution in [1.29, 1.82) is 0 Å². The largest absolute Gasteiger partial charge is 0.406 e. The molecule has 0 saturated carbocycles. The van der Waals surface area contributed by atoms with Gasteiger partial charge in [-0.1, -0.05) is 6.07 Å². The summed E-state index contributed by atoms with van der Waals surface area (Å²) >= 11 is 0. The Kier molecular flexibility index (Phi) is 4.61. The highest BCUT2D eigenvalue weighted by Gasteiger charge is 2.20. The van der Waals surface area contributed by atoms with E-state index in [9.17, 15) is 10.1 Å². The number of morpholine rings is 1. The predicted molar refractivity (Wildman–Crippen MR) is 89.1 cm³/mol. The number of rotatable bonds is 5. The van der Waals surface area contributed by atoms with Crippen molar-refractivity contribution in [3.63, 3.8) is 0 Å². The van der Waals surface area contributed by atoms with Gasteiger partial charge in [0.05, 0.1) is 12.7 Å². The van der Waals surface area contributed by atoms with Crippen LogP contribution in [0, 0.1) is 10.1 Å². The van der Waals surface area contributed by atoms with Crippen LogP contribution in [0.2, 0.25) is 0 Å². The van der Waals surface area contributed by atoms with Gasteiger partial charge in [-0.2, -0.15) is 0 Å². The van der Waals surface area contributed by atoms with E-state index >= 15 is 0 Å². The number of pyridine rings is 1. The zero-order valence-corrected chi connectivity index (χ0v) is 13.7. The first-order valence-electron chi connectivity index (χ1n) is 7.75. The van der Waals surface area contributed by atoms with Crippen LogP contribution in [0.4, 0.5) is 17.5 Å². The molecule has 2 aromatic heterocycles. The molecule has 0 bridgehead atoms. The lowest BCUT2D eigenvalue weighted by molar-refractivity contribution is -0.388. The van der Waals surface area contributed by atoms with Crippen molar-refractivity contribution in [3.05, 3.63) is 40.3 Å². The summed E-state index contributed by atoms with van der Waals surface area (Å²) in [6.07, 6.45) is 3.40. The van der Waals surface area contributed by atoms with Crippen molar-refractivity contribution >= 4 is 17.5 Å². The van der Waals surface area contributed by atoms with E-state index in [4.69, 9.17) is 4.74 Å². The van der Waals surface area contributed by atoms with Crippen molar-refractivity contribution in [1.82, 2.24) is 14.5 Å². The van der Waals surface area contributed by atoms with Gasteiger partial charge < -0.3 is 25.1 Å². The van der Waals surface area contributed by atoms with E-state index in [1.807, 2.05) is 19.1 Å². The minimum Gasteiger partial charge on any atom is -0.375 e. The van der Waals surface area contributed by atoms with Crippen molar-refractivity contribution in [2.45, 2.75) is 19.6 Å². The number of ether oxygens (including phenoxy) is 1. The number of aromatic nitrogens is 3. The molecule has 128 valence electrons. The highest BCUT2D eigenvalue weighted by atomic mass is 16.6. The SMILES string of the molecule is CC1CN(c2ccc(CNc3c([N+](=O)[O-])ncn3C)cn2)CCO1. The summed E-state index contributed by atoms with van der Waals surface area (Å²) in [5.41, 5.74) is 0.940. The molecule has 0 aliphatic carbocycles. The van der Waals surface area contributed by atoms with E-state index in [0.717, 1.165) is 24.5 Å². The molecular weight excluding hydrogens is 312 g/mol. The maximum Gasteiger partial charge on any atom is 0.406 e. The number of imidazole rings is 1. The third-order valence-electron chi connectivity index (χ3n) is 3.92. The summed E-state index contributed by atoms with van der Waals surface area (Å²) < 4.78 is 7.12. The fourth-order valence-corrected chi connectivity index (χ4v) is 2.68. The van der Waals surface area contributed by atoms with Crippen LogP contribution in [-0.2, 0) is 18.3 Å². The van der Waals surface area contributed by atoms with Gasteiger partial charge in [-0.3, -0.25) is 4.57 Å². The number of nitro groups is 1. The van der Waals surface area contributed by atoms with E-state index in [1.54, 1.807) is 17.8 Å². The summed E-state index contributed by atoms with van der Waals surface area (Å²) in [5.74, 6) is 1.12. The van der Waals surface area contributed by atoms with Gasteiger partial charge in [0.1, 0.15) is 5.82 Å². The molecule has 0 aromatic carbocycles. The molecule has 0 amide bonds. The van der Waals surface area contributed by atoms with Crippen molar-refractivity contribution < 1.29 is 9.66 Å². The number of nitrogens with zero attached hydrogens (tertiary/aromatic N) is 5. The van der Waals surface area contributed by atoms with Crippen molar-refractivity contribution in [2.24, 2.45) is 7.05 Å². The van der Waals surface area contributed by atoms with Crippen LogP contribution in [0.1, 0.15) is 12.5 Å². The van der Waals surface area contributed by atoms with Gasteiger partial charge in [0.15, 0.2) is 0 Å². The lowest BCUT2D eigenvalue weighted by Gasteiger charge is -2.32. The highest BCUT2D eigenvalue weighted by Crippen LogP contribution is 2.22. The van der Waals surface area contributed by atoms with E-state index in [-0.39, 0.29) is 11.9 Å². The summed E-state index contributed by atoms with van der Waals surface area (Å²) in [6.45, 7) is 4.84. The molecule has 1 aliphatic rings. The predicted octanol–water partition coefficient (Wildman–Crippen LogP) is 1.56. The van der Waals surface area contributed by atoms with Gasteiger partial charge in [0, 0.05) is 32.9 Å². The zero-order chi connectivity index (χ0) is 17.1. The van der Waals surface area contributed by atoms with E-state index in [2.05, 4.69) is 20.2 Å². The molecule has 9 nitrogen and oxygen atoms in total. The normalized spacial score (nSPS) is 17.8. The van der Waals surface area contributed by atoms with Crippen LogP contribution in [0.25, 0.3) is 0 Å². The fraction of sp³-hybridized carbons (Fsp3) is 0.467. The molecule has 3 rings (SSSR count). The molecule has 3 heterocycles. The Morgan fingerprint density at radius 1 is 1.46 bits per heavy atom. The molecule has 0 radical (unpaired) electrons. The first-order chi connectivity index (χ1) is 11.5. The first-order valence-corrected chi connectivity index (χ1v) is 7.75. The average molecular weight is 332 g/mol. The van der Waals surface area contributed by atoms with Crippen LogP contribution < -0.4 is 10.2 Å². The van der Waals surface area contributed by atoms with Crippen LogP contribution >= 0.6 is 0 Å². The summed E-state index contributed by atoms with van der Waals surface area (Å²) in [6, 6.07) is 3.93. The average Bonchev–Trinajstić information content (AvgIpc) is 2.94. The minimum absolute atomic E-state index is 0.176. The monoisotopic (exact) mass is 332 g/mol. The molecule has 24 heavy (non-hydrogen) atoms. The molecular formula is C15H20N6O3. The molecule has 0 spiro atoms. The van der Waals surface area contributed by atoms with E-state index in [0.29, 0.717) is 19.0 Å². The number of nitrogens with one attached hydrogen (secondary N) is 1. The lowest BCUT2D eigenvalue weighted by atomic mass is 10.2. The van der Waals surface area contributed by atoms with E-state index < -0.39 is 4.92 Å². The Balaban J connectivity index is 1.65. The quantitative estimate of drug-likeness (QED) is 0.655. The molecule has 1 unspecified atom stereocenters. The second kappa shape index (κ2) is 6.83. The first kappa shape index (κ1) is 16.2. The fourth-order valence-electron chi connectivity index (χ4n) is 2.68. The van der Waals surface area contributed by atoms with Crippen LogP contribution in [0.5, 0.6) is 0 Å². The molecule has 1 N–H and O–H groups in total. The smallest absolute Gasteiger partial charge is 0.375 e. The highest BCUT2D eigenvalue weighted by molar-refractivity contribution is 5.52. The van der Waals surface area contributed by atoms with Gasteiger partial charge in [-0.05, 0) is 28.5 Å². The molecule has 9 heteroatoms. The second-order valence-corrected chi connectivity index (χ2v) is 5.79. The number of hydrogen-bond acceptors (Lipinski definition) is 7. The number of aryl methyl sites for hydroxylation is 1. The number of hydrogen-bond donors (Lipinski definition) is 1. The number of anilines is 2. The maximum atomic E-state index is 11.0. The Morgan fingerprint density at radius 3 is 2.96 bits per heavy atom. The molecule has 1 aliphatic heterocycles. The van der Waals surface area contributed by atoms with Gasteiger partial charge in [0.2, 0.25) is 12.1 Å². The topological polar surface area (TPSA) is 98.3 Å². The van der Waals surface area contributed by atoms with Crippen LogP contribution in [0.3, 0.4) is 0 Å². The zero-order valence-electron chi connectivity index (χ0n) is 13.7. The third kappa shape index (κ3) is 3.46. The van der Waals surface area contributed by atoms with Gasteiger partial charge in [0.25, 0.3) is 0 Å².